The molecule has 0 aromatic heterocycles. The maximum absolute atomic E-state index is 13.6. The van der Waals surface area contributed by atoms with Crippen molar-refractivity contribution < 1.29 is 38.1 Å². The third-order valence-electron chi connectivity index (χ3n) is 6.98. The second kappa shape index (κ2) is 12.2. The van der Waals surface area contributed by atoms with Crippen molar-refractivity contribution >= 4 is 23.8 Å². The van der Waals surface area contributed by atoms with E-state index in [2.05, 4.69) is 0 Å². The van der Waals surface area contributed by atoms with Crippen LogP contribution >= 0.6 is 0 Å². The molecule has 0 spiro atoms. The summed E-state index contributed by atoms with van der Waals surface area (Å²) in [4.78, 5) is 38.4. The van der Waals surface area contributed by atoms with Gasteiger partial charge in [0, 0.05) is 36.0 Å². The third kappa shape index (κ3) is 5.85. The SMILES string of the molecule is COc1ccc([C@H]2CC(=O)Oc3cc4c(c(OC)c32)C(=O)O[C@@H](C)CCCC(=O)CCCC=C4)c(OC)c1. The number of carbonyl (C=O) groups is 3. The Morgan fingerprint density at radius 2 is 1.74 bits per heavy atom. The highest BCUT2D eigenvalue weighted by Gasteiger charge is 2.37. The van der Waals surface area contributed by atoms with Crippen LogP contribution in [-0.2, 0) is 14.3 Å². The molecule has 0 saturated carbocycles. The van der Waals surface area contributed by atoms with E-state index >= 15 is 0 Å². The molecule has 38 heavy (non-hydrogen) atoms. The lowest BCUT2D eigenvalue weighted by molar-refractivity contribution is -0.135. The summed E-state index contributed by atoms with van der Waals surface area (Å²) in [5.74, 6) is 0.586. The number of carbonyl (C=O) groups excluding carboxylic acids is 3. The number of hydrogen-bond donors (Lipinski definition) is 0. The molecule has 202 valence electrons. The Labute approximate surface area is 222 Å². The van der Waals surface area contributed by atoms with E-state index < -0.39 is 17.9 Å². The van der Waals surface area contributed by atoms with Crippen LogP contribution in [0.1, 0.15) is 84.8 Å². The number of esters is 2. The Balaban J connectivity index is 1.88. The first kappa shape index (κ1) is 27.2. The first-order valence-electron chi connectivity index (χ1n) is 12.9. The van der Waals surface area contributed by atoms with Crippen molar-refractivity contribution in [1.82, 2.24) is 0 Å². The Bertz CT molecular complexity index is 1250. The summed E-state index contributed by atoms with van der Waals surface area (Å²) in [6, 6.07) is 7.08. The number of benzene rings is 2. The van der Waals surface area contributed by atoms with Crippen LogP contribution in [0.15, 0.2) is 30.3 Å². The lowest BCUT2D eigenvalue weighted by atomic mass is 9.83. The number of cyclic esters (lactones) is 1. The summed E-state index contributed by atoms with van der Waals surface area (Å²) in [6.45, 7) is 1.82. The number of ether oxygens (including phenoxy) is 5. The molecular formula is C30H34O8. The van der Waals surface area contributed by atoms with Crippen LogP contribution in [0.2, 0.25) is 0 Å². The van der Waals surface area contributed by atoms with Gasteiger partial charge in [0.25, 0.3) is 0 Å². The van der Waals surface area contributed by atoms with Gasteiger partial charge in [0.1, 0.15) is 34.3 Å². The molecule has 2 aromatic rings. The van der Waals surface area contributed by atoms with Crippen molar-refractivity contribution in [2.45, 2.75) is 63.9 Å². The van der Waals surface area contributed by atoms with Gasteiger partial charge in [-0.3, -0.25) is 9.59 Å². The minimum atomic E-state index is -0.530. The summed E-state index contributed by atoms with van der Waals surface area (Å²) in [5, 5.41) is 0. The lowest BCUT2D eigenvalue weighted by Crippen LogP contribution is -2.24. The quantitative estimate of drug-likeness (QED) is 0.376. The molecule has 0 aliphatic carbocycles. The van der Waals surface area contributed by atoms with Crippen molar-refractivity contribution in [3.63, 3.8) is 0 Å². The zero-order chi connectivity index (χ0) is 27.2. The zero-order valence-electron chi connectivity index (χ0n) is 22.3. The molecule has 2 aromatic carbocycles. The van der Waals surface area contributed by atoms with Gasteiger partial charge in [0.2, 0.25) is 0 Å². The van der Waals surface area contributed by atoms with Crippen molar-refractivity contribution in [2.75, 3.05) is 21.3 Å². The van der Waals surface area contributed by atoms with Crippen LogP contribution in [0.3, 0.4) is 0 Å². The highest BCUT2D eigenvalue weighted by molar-refractivity contribution is 5.99. The molecule has 0 radical (unpaired) electrons. The van der Waals surface area contributed by atoms with E-state index in [-0.39, 0.29) is 23.9 Å². The Kier molecular flexibility index (Phi) is 8.71. The van der Waals surface area contributed by atoms with Crippen LogP contribution in [0.4, 0.5) is 0 Å². The summed E-state index contributed by atoms with van der Waals surface area (Å²) in [7, 11) is 4.61. The van der Waals surface area contributed by atoms with E-state index in [0.29, 0.717) is 66.2 Å². The molecule has 8 heteroatoms. The monoisotopic (exact) mass is 522 g/mol. The van der Waals surface area contributed by atoms with Gasteiger partial charge in [-0.25, -0.2) is 4.79 Å². The maximum Gasteiger partial charge on any atom is 0.342 e. The molecule has 0 N–H and O–H groups in total. The molecule has 0 amide bonds. The predicted octanol–water partition coefficient (Wildman–Crippen LogP) is 5.64. The largest absolute Gasteiger partial charge is 0.497 e. The summed E-state index contributed by atoms with van der Waals surface area (Å²) >= 11 is 0. The van der Waals surface area contributed by atoms with Crippen LogP contribution in [-0.4, -0.2) is 45.2 Å². The number of Topliss-reactive ketones (excluding diaryl/α,β-unsaturated/α-hetero) is 1. The molecule has 2 aliphatic rings. The fourth-order valence-electron chi connectivity index (χ4n) is 5.08. The maximum atomic E-state index is 13.6. The van der Waals surface area contributed by atoms with Gasteiger partial charge in [-0.05, 0) is 50.3 Å². The van der Waals surface area contributed by atoms with Gasteiger partial charge in [0.05, 0.1) is 33.9 Å². The number of hydrogen-bond acceptors (Lipinski definition) is 8. The smallest absolute Gasteiger partial charge is 0.342 e. The Morgan fingerprint density at radius 1 is 0.947 bits per heavy atom. The number of ketones is 1. The van der Waals surface area contributed by atoms with Crippen molar-refractivity contribution in [3.05, 3.63) is 52.6 Å². The van der Waals surface area contributed by atoms with Crippen LogP contribution < -0.4 is 18.9 Å². The number of allylic oxidation sites excluding steroid dienone is 1. The predicted molar refractivity (Wildman–Crippen MR) is 141 cm³/mol. The molecule has 2 aliphatic heterocycles. The van der Waals surface area contributed by atoms with Crippen LogP contribution in [0, 0.1) is 0 Å². The van der Waals surface area contributed by atoms with Gasteiger partial charge >= 0.3 is 11.9 Å². The van der Waals surface area contributed by atoms with Crippen LogP contribution in [0.5, 0.6) is 23.0 Å². The van der Waals surface area contributed by atoms with Gasteiger partial charge in [-0.2, -0.15) is 0 Å². The van der Waals surface area contributed by atoms with Crippen molar-refractivity contribution in [3.8, 4) is 23.0 Å². The molecule has 2 heterocycles. The van der Waals surface area contributed by atoms with Crippen molar-refractivity contribution in [1.29, 1.82) is 0 Å². The number of rotatable bonds is 4. The average Bonchev–Trinajstić information content (AvgIpc) is 2.90. The van der Waals surface area contributed by atoms with Gasteiger partial charge in [-0.1, -0.05) is 18.2 Å². The minimum Gasteiger partial charge on any atom is -0.497 e. The normalized spacial score (nSPS) is 20.4. The van der Waals surface area contributed by atoms with E-state index in [9.17, 15) is 14.4 Å². The number of fused-ring (bicyclic) bond motifs is 2. The first-order chi connectivity index (χ1) is 18.4. The second-order valence-electron chi connectivity index (χ2n) is 9.57. The molecule has 8 nitrogen and oxygen atoms in total. The highest BCUT2D eigenvalue weighted by atomic mass is 16.5. The van der Waals surface area contributed by atoms with E-state index in [4.69, 9.17) is 23.7 Å². The molecule has 0 fully saturated rings. The zero-order valence-corrected chi connectivity index (χ0v) is 22.3. The third-order valence-corrected chi connectivity index (χ3v) is 6.98. The first-order valence-corrected chi connectivity index (χ1v) is 12.9. The Hall–Kier alpha value is -3.81. The van der Waals surface area contributed by atoms with E-state index in [0.717, 1.165) is 12.0 Å². The molecule has 4 rings (SSSR count). The average molecular weight is 523 g/mol. The van der Waals surface area contributed by atoms with Gasteiger partial charge in [-0.15, -0.1) is 0 Å². The fourth-order valence-corrected chi connectivity index (χ4v) is 5.08. The molecule has 0 bridgehead atoms. The summed E-state index contributed by atoms with van der Waals surface area (Å²) in [5.41, 5.74) is 2.13. The topological polar surface area (TPSA) is 97.4 Å². The standard InChI is InChI=1S/C30H34O8/c1-18-9-8-12-20(31)11-7-5-6-10-19-15-25-28(29(36-4)27(19)30(33)37-18)23(17-26(32)38-25)22-14-13-21(34-2)16-24(22)35-3/h6,10,13-16,18,23H,5,7-9,11-12,17H2,1-4H3/t18-,23+/m0/s1. The minimum absolute atomic E-state index is 0.0418. The van der Waals surface area contributed by atoms with Crippen molar-refractivity contribution in [2.24, 2.45) is 0 Å². The van der Waals surface area contributed by atoms with Crippen LogP contribution in [0.25, 0.3) is 6.08 Å². The van der Waals surface area contributed by atoms with E-state index in [1.165, 1.54) is 7.11 Å². The van der Waals surface area contributed by atoms with E-state index in [1.807, 2.05) is 19.1 Å². The van der Waals surface area contributed by atoms with Gasteiger partial charge in [0.15, 0.2) is 0 Å². The summed E-state index contributed by atoms with van der Waals surface area (Å²) in [6.07, 6.45) is 7.00. The molecule has 2 atom stereocenters. The van der Waals surface area contributed by atoms with Gasteiger partial charge < -0.3 is 23.7 Å². The summed E-state index contributed by atoms with van der Waals surface area (Å²) < 4.78 is 28.3. The molecule has 0 unspecified atom stereocenters. The molecule has 0 saturated heterocycles. The fraction of sp³-hybridized carbons (Fsp3) is 0.433. The highest BCUT2D eigenvalue weighted by Crippen LogP contribution is 2.49. The molecular weight excluding hydrogens is 488 g/mol. The second-order valence-corrected chi connectivity index (χ2v) is 9.57. The number of methoxy groups -OCH3 is 3. The van der Waals surface area contributed by atoms with E-state index in [1.54, 1.807) is 38.5 Å². The Morgan fingerprint density at radius 3 is 2.47 bits per heavy atom. The lowest BCUT2D eigenvalue weighted by Gasteiger charge is -2.29.